The Bertz CT molecular complexity index is 1280. The zero-order chi connectivity index (χ0) is 26.7. The minimum absolute atomic E-state index is 0.173. The van der Waals surface area contributed by atoms with E-state index in [2.05, 4.69) is 30.4 Å². The summed E-state index contributed by atoms with van der Waals surface area (Å²) in [5.41, 5.74) is 1.51. The second kappa shape index (κ2) is 11.4. The lowest BCUT2D eigenvalue weighted by Crippen LogP contribution is -2.43. The summed E-state index contributed by atoms with van der Waals surface area (Å²) in [4.78, 5) is 29.6. The second-order valence-corrected chi connectivity index (χ2v) is 9.96. The lowest BCUT2D eigenvalue weighted by molar-refractivity contribution is -0.145. The number of hydrogen-bond acceptors (Lipinski definition) is 7. The molecule has 202 valence electrons. The number of alkyl halides is 3. The Hall–Kier alpha value is -3.02. The average molecular weight is 548 g/mol. The Morgan fingerprint density at radius 3 is 2.42 bits per heavy atom. The van der Waals surface area contributed by atoms with Crippen molar-refractivity contribution in [3.63, 3.8) is 0 Å². The van der Waals surface area contributed by atoms with Crippen LogP contribution in [0.5, 0.6) is 0 Å². The van der Waals surface area contributed by atoms with Gasteiger partial charge in [-0.25, -0.2) is 15.0 Å². The highest BCUT2D eigenvalue weighted by atomic mass is 35.5. The third-order valence-corrected chi connectivity index (χ3v) is 7.39. The van der Waals surface area contributed by atoms with Gasteiger partial charge in [0.2, 0.25) is 5.82 Å². The van der Waals surface area contributed by atoms with E-state index in [1.54, 1.807) is 12.1 Å². The summed E-state index contributed by atoms with van der Waals surface area (Å²) in [5.74, 6) is -0.704. The zero-order valence-electron chi connectivity index (χ0n) is 20.8. The predicted molar refractivity (Wildman–Crippen MR) is 139 cm³/mol. The average Bonchev–Trinajstić information content (AvgIpc) is 2.93. The molecule has 1 atom stereocenters. The maximum Gasteiger partial charge on any atom is 0.451 e. The molecule has 1 amide bonds. The van der Waals surface area contributed by atoms with E-state index >= 15 is 0 Å². The molecule has 2 saturated heterocycles. The van der Waals surface area contributed by atoms with E-state index in [0.717, 1.165) is 64.3 Å². The molecule has 0 radical (unpaired) electrons. The summed E-state index contributed by atoms with van der Waals surface area (Å²) in [6, 6.07) is 6.87. The summed E-state index contributed by atoms with van der Waals surface area (Å²) >= 11 is 6.48. The first-order valence-corrected chi connectivity index (χ1v) is 13.2. The normalized spacial score (nSPS) is 17.9. The summed E-state index contributed by atoms with van der Waals surface area (Å²) < 4.78 is 39.0. The number of amides is 1. The minimum atomic E-state index is -4.61. The van der Waals surface area contributed by atoms with Crippen LogP contribution in [0.1, 0.15) is 47.1 Å². The molecule has 3 aromatic rings. The van der Waals surface area contributed by atoms with Gasteiger partial charge in [0.15, 0.2) is 0 Å². The number of aromatic nitrogens is 3. The predicted octanol–water partition coefficient (Wildman–Crippen LogP) is 4.06. The van der Waals surface area contributed by atoms with E-state index in [-0.39, 0.29) is 18.5 Å². The summed E-state index contributed by atoms with van der Waals surface area (Å²) in [5, 5.41) is 7.23. The lowest BCUT2D eigenvalue weighted by atomic mass is 10.0. The Labute approximate surface area is 223 Å². The van der Waals surface area contributed by atoms with Gasteiger partial charge in [0, 0.05) is 56.1 Å². The SMILES string of the molecule is O=C(NCC(c1cnc(C(F)(F)F)nc1)N1CCCCC1)c1c(Cl)ccc2nc(N3CCNCC3)ccc12. The largest absolute Gasteiger partial charge is 0.451 e. The Balaban J connectivity index is 1.38. The highest BCUT2D eigenvalue weighted by Gasteiger charge is 2.35. The number of nitrogens with one attached hydrogen (secondary N) is 2. The fourth-order valence-electron chi connectivity index (χ4n) is 5.09. The number of benzene rings is 1. The monoisotopic (exact) mass is 547 g/mol. The van der Waals surface area contributed by atoms with Gasteiger partial charge in [-0.1, -0.05) is 18.0 Å². The van der Waals surface area contributed by atoms with E-state index in [4.69, 9.17) is 16.6 Å². The number of nitrogens with zero attached hydrogens (tertiary/aromatic N) is 5. The summed E-state index contributed by atoms with van der Waals surface area (Å²) in [6.07, 6.45) is 0.830. The van der Waals surface area contributed by atoms with Crippen LogP contribution in [-0.4, -0.2) is 71.6 Å². The third-order valence-electron chi connectivity index (χ3n) is 7.07. The molecule has 0 saturated carbocycles. The molecule has 1 unspecified atom stereocenters. The Kier molecular flexibility index (Phi) is 7.96. The molecule has 0 bridgehead atoms. The van der Waals surface area contributed by atoms with Crippen LogP contribution in [0.25, 0.3) is 10.9 Å². The fourth-order valence-corrected chi connectivity index (χ4v) is 5.34. The van der Waals surface area contributed by atoms with E-state index in [0.29, 0.717) is 27.1 Å². The van der Waals surface area contributed by atoms with Crippen molar-refractivity contribution >= 4 is 34.2 Å². The Morgan fingerprint density at radius 1 is 1.03 bits per heavy atom. The summed E-state index contributed by atoms with van der Waals surface area (Å²) in [7, 11) is 0. The first-order valence-electron chi connectivity index (χ1n) is 12.8. The van der Waals surface area contributed by atoms with Gasteiger partial charge in [0.05, 0.1) is 22.1 Å². The molecule has 12 heteroatoms. The molecule has 0 aliphatic carbocycles. The van der Waals surface area contributed by atoms with Crippen molar-refractivity contribution in [1.82, 2.24) is 30.5 Å². The molecule has 2 aliphatic rings. The van der Waals surface area contributed by atoms with Gasteiger partial charge in [-0.15, -0.1) is 0 Å². The van der Waals surface area contributed by atoms with E-state index < -0.39 is 12.0 Å². The molecule has 0 spiro atoms. The van der Waals surface area contributed by atoms with Gasteiger partial charge < -0.3 is 15.5 Å². The van der Waals surface area contributed by atoms with Crippen LogP contribution in [0.15, 0.2) is 36.7 Å². The van der Waals surface area contributed by atoms with Gasteiger partial charge in [0.25, 0.3) is 5.91 Å². The van der Waals surface area contributed by atoms with Crippen LogP contribution in [-0.2, 0) is 6.18 Å². The van der Waals surface area contributed by atoms with Gasteiger partial charge >= 0.3 is 6.18 Å². The molecule has 2 fully saturated rings. The molecule has 1 aromatic carbocycles. The van der Waals surface area contributed by atoms with Gasteiger partial charge in [-0.3, -0.25) is 9.69 Å². The van der Waals surface area contributed by atoms with Crippen molar-refractivity contribution in [3.8, 4) is 0 Å². The van der Waals surface area contributed by atoms with Crippen LogP contribution < -0.4 is 15.5 Å². The van der Waals surface area contributed by atoms with E-state index in [1.165, 1.54) is 12.4 Å². The highest BCUT2D eigenvalue weighted by molar-refractivity contribution is 6.35. The maximum atomic E-state index is 13.4. The number of fused-ring (bicyclic) bond motifs is 1. The minimum Gasteiger partial charge on any atom is -0.354 e. The Morgan fingerprint density at radius 2 is 1.74 bits per heavy atom. The fraction of sp³-hybridized carbons (Fsp3) is 0.462. The first-order chi connectivity index (χ1) is 18.3. The van der Waals surface area contributed by atoms with Crippen molar-refractivity contribution < 1.29 is 18.0 Å². The van der Waals surface area contributed by atoms with Crippen molar-refractivity contribution in [2.45, 2.75) is 31.5 Å². The van der Waals surface area contributed by atoms with E-state index in [9.17, 15) is 18.0 Å². The first kappa shape index (κ1) is 26.6. The van der Waals surface area contributed by atoms with E-state index in [1.807, 2.05) is 12.1 Å². The van der Waals surface area contributed by atoms with Crippen LogP contribution in [0.2, 0.25) is 5.02 Å². The van der Waals surface area contributed by atoms with Crippen LogP contribution in [0.4, 0.5) is 19.0 Å². The quantitative estimate of drug-likeness (QED) is 0.481. The number of carbonyl (C=O) groups is 1. The summed E-state index contributed by atoms with van der Waals surface area (Å²) in [6.45, 7) is 5.19. The number of anilines is 1. The number of pyridine rings is 1. The van der Waals surface area contributed by atoms with Gasteiger partial charge in [-0.05, 0) is 50.2 Å². The second-order valence-electron chi connectivity index (χ2n) is 9.56. The number of likely N-dealkylation sites (tertiary alicyclic amines) is 1. The maximum absolute atomic E-state index is 13.4. The van der Waals surface area contributed by atoms with Crippen LogP contribution in [0.3, 0.4) is 0 Å². The molecule has 5 rings (SSSR count). The smallest absolute Gasteiger partial charge is 0.354 e. The van der Waals surface area contributed by atoms with Crippen molar-refractivity contribution in [1.29, 1.82) is 0 Å². The van der Waals surface area contributed by atoms with Gasteiger partial charge in [-0.2, -0.15) is 13.2 Å². The molecular weight excluding hydrogens is 519 g/mol. The molecule has 8 nitrogen and oxygen atoms in total. The number of piperidine rings is 1. The van der Waals surface area contributed by atoms with Crippen molar-refractivity contribution in [2.24, 2.45) is 0 Å². The number of piperazine rings is 1. The van der Waals surface area contributed by atoms with Crippen molar-refractivity contribution in [3.05, 3.63) is 58.6 Å². The number of rotatable bonds is 6. The number of halogens is 4. The third kappa shape index (κ3) is 5.84. The molecule has 2 aliphatic heterocycles. The molecule has 2 N–H and O–H groups in total. The zero-order valence-corrected chi connectivity index (χ0v) is 21.5. The lowest BCUT2D eigenvalue weighted by Gasteiger charge is -2.34. The molecular formula is C26H29ClF3N7O. The standard InChI is InChI=1S/C26H29ClF3N7O/c27-19-5-6-20-18(4-7-22(35-20)37-12-8-31-9-13-37)23(19)24(38)32-16-21(36-10-2-1-3-11-36)17-14-33-25(34-15-17)26(28,29)30/h4-7,14-15,21,31H,1-3,8-13,16H2,(H,32,38). The topological polar surface area (TPSA) is 86.3 Å². The van der Waals surface area contributed by atoms with Gasteiger partial charge in [0.1, 0.15) is 5.82 Å². The molecule has 38 heavy (non-hydrogen) atoms. The highest BCUT2D eigenvalue weighted by Crippen LogP contribution is 2.30. The van der Waals surface area contributed by atoms with Crippen molar-refractivity contribution in [2.75, 3.05) is 50.7 Å². The number of carbonyl (C=O) groups excluding carboxylic acids is 1. The van der Waals surface area contributed by atoms with Crippen LogP contribution >= 0.6 is 11.6 Å². The molecule has 4 heterocycles. The number of hydrogen-bond donors (Lipinski definition) is 2. The molecule has 2 aromatic heterocycles. The van der Waals surface area contributed by atoms with Crippen LogP contribution in [0, 0.1) is 0 Å².